The maximum absolute atomic E-state index is 13.0. The predicted molar refractivity (Wildman–Crippen MR) is 108 cm³/mol. The molecule has 0 aliphatic carbocycles. The van der Waals surface area contributed by atoms with E-state index in [-0.39, 0.29) is 23.9 Å². The molecule has 2 amide bonds. The molecule has 3 aromatic rings. The fourth-order valence-electron chi connectivity index (χ4n) is 3.16. The second-order valence-electron chi connectivity index (χ2n) is 6.58. The van der Waals surface area contributed by atoms with E-state index in [1.165, 1.54) is 10.9 Å². The fraction of sp³-hybridized carbons (Fsp3) is 0.316. The monoisotopic (exact) mass is 413 g/mol. The van der Waals surface area contributed by atoms with Crippen molar-refractivity contribution in [3.63, 3.8) is 0 Å². The minimum absolute atomic E-state index is 0.0907. The molecular weight excluding hydrogens is 394 g/mol. The summed E-state index contributed by atoms with van der Waals surface area (Å²) in [5.41, 5.74) is 0.214. The molecule has 1 fully saturated rings. The Morgan fingerprint density at radius 3 is 2.76 bits per heavy atom. The summed E-state index contributed by atoms with van der Waals surface area (Å²) in [7, 11) is 0. The number of pyridine rings is 1. The van der Waals surface area contributed by atoms with Crippen molar-refractivity contribution in [1.82, 2.24) is 19.4 Å². The zero-order chi connectivity index (χ0) is 20.4. The van der Waals surface area contributed by atoms with Crippen molar-refractivity contribution in [3.05, 3.63) is 51.5 Å². The molecule has 4 heterocycles. The van der Waals surface area contributed by atoms with Gasteiger partial charge in [-0.3, -0.25) is 19.0 Å². The average Bonchev–Trinajstić information content (AvgIpc) is 3.08. The second-order valence-corrected chi connectivity index (χ2v) is 7.58. The van der Waals surface area contributed by atoms with Crippen molar-refractivity contribution in [2.24, 2.45) is 0 Å². The molecule has 29 heavy (non-hydrogen) atoms. The van der Waals surface area contributed by atoms with Crippen molar-refractivity contribution in [3.8, 4) is 0 Å². The lowest BCUT2D eigenvalue weighted by molar-refractivity contribution is -0.135. The van der Waals surface area contributed by atoms with Crippen molar-refractivity contribution >= 4 is 39.2 Å². The average molecular weight is 413 g/mol. The molecule has 0 aromatic carbocycles. The van der Waals surface area contributed by atoms with Gasteiger partial charge in [0.05, 0.1) is 29.8 Å². The Morgan fingerprint density at radius 1 is 1.24 bits per heavy atom. The van der Waals surface area contributed by atoms with Gasteiger partial charge in [-0.1, -0.05) is 6.07 Å². The standard InChI is InChI=1S/C19H19N5O4S/c1-12-15-18(29-16(12)17(26)22-13-4-2-3-5-20-13)21-11-24(19(15)27)10-14(25)23-6-8-28-9-7-23/h2-5,11H,6-10H2,1H3,(H,20,22,26). The van der Waals surface area contributed by atoms with E-state index in [1.807, 2.05) is 0 Å². The number of thiophene rings is 1. The molecule has 0 bridgehead atoms. The highest BCUT2D eigenvalue weighted by molar-refractivity contribution is 7.20. The number of fused-ring (bicyclic) bond motifs is 1. The molecule has 150 valence electrons. The number of anilines is 1. The van der Waals surface area contributed by atoms with Crippen LogP contribution >= 0.6 is 11.3 Å². The van der Waals surface area contributed by atoms with Crippen molar-refractivity contribution in [1.29, 1.82) is 0 Å². The summed E-state index contributed by atoms with van der Waals surface area (Å²) in [5.74, 6) is -0.0760. The molecule has 10 heteroatoms. The van der Waals surface area contributed by atoms with Crippen molar-refractivity contribution < 1.29 is 14.3 Å². The molecule has 1 aliphatic rings. The van der Waals surface area contributed by atoms with Crippen molar-refractivity contribution in [2.75, 3.05) is 31.6 Å². The Morgan fingerprint density at radius 2 is 2.03 bits per heavy atom. The third-order valence-electron chi connectivity index (χ3n) is 4.70. The maximum atomic E-state index is 13.0. The first-order valence-electron chi connectivity index (χ1n) is 9.11. The lowest BCUT2D eigenvalue weighted by Crippen LogP contribution is -2.43. The molecule has 0 spiro atoms. The van der Waals surface area contributed by atoms with Crippen LogP contribution in [0.3, 0.4) is 0 Å². The molecule has 1 aliphatic heterocycles. The van der Waals surface area contributed by atoms with Gasteiger partial charge in [0.2, 0.25) is 5.91 Å². The van der Waals surface area contributed by atoms with Gasteiger partial charge in [-0.05, 0) is 24.6 Å². The van der Waals surface area contributed by atoms with E-state index in [0.29, 0.717) is 52.8 Å². The normalized spacial score (nSPS) is 14.2. The number of hydrogen-bond acceptors (Lipinski definition) is 7. The van der Waals surface area contributed by atoms with Gasteiger partial charge < -0.3 is 15.0 Å². The molecule has 0 radical (unpaired) electrons. The number of morpholine rings is 1. The van der Waals surface area contributed by atoms with Crippen LogP contribution in [-0.4, -0.2) is 57.6 Å². The first kappa shape index (κ1) is 19.2. The van der Waals surface area contributed by atoms with Crippen LogP contribution in [0.1, 0.15) is 15.2 Å². The summed E-state index contributed by atoms with van der Waals surface area (Å²) in [4.78, 5) is 49.0. The van der Waals surface area contributed by atoms with Crippen LogP contribution in [-0.2, 0) is 16.1 Å². The molecule has 1 N–H and O–H groups in total. The smallest absolute Gasteiger partial charge is 0.267 e. The van der Waals surface area contributed by atoms with Crippen LogP contribution in [0.4, 0.5) is 5.82 Å². The van der Waals surface area contributed by atoms with Crippen LogP contribution in [0.5, 0.6) is 0 Å². The molecule has 0 saturated carbocycles. The highest BCUT2D eigenvalue weighted by Gasteiger charge is 2.22. The lowest BCUT2D eigenvalue weighted by Gasteiger charge is -2.26. The quantitative estimate of drug-likeness (QED) is 0.690. The number of carbonyl (C=O) groups is 2. The number of aromatic nitrogens is 3. The van der Waals surface area contributed by atoms with Crippen LogP contribution in [0, 0.1) is 6.92 Å². The van der Waals surface area contributed by atoms with E-state index >= 15 is 0 Å². The first-order valence-corrected chi connectivity index (χ1v) is 9.92. The summed E-state index contributed by atoms with van der Waals surface area (Å²) in [6, 6.07) is 5.21. The summed E-state index contributed by atoms with van der Waals surface area (Å²) >= 11 is 1.14. The zero-order valence-electron chi connectivity index (χ0n) is 15.8. The van der Waals surface area contributed by atoms with E-state index in [2.05, 4.69) is 15.3 Å². The fourth-order valence-corrected chi connectivity index (χ4v) is 4.19. The highest BCUT2D eigenvalue weighted by Crippen LogP contribution is 2.27. The van der Waals surface area contributed by atoms with E-state index in [4.69, 9.17) is 4.74 Å². The Labute approximate surface area is 170 Å². The van der Waals surface area contributed by atoms with Gasteiger partial charge in [-0.25, -0.2) is 9.97 Å². The van der Waals surface area contributed by atoms with Crippen molar-refractivity contribution in [2.45, 2.75) is 13.5 Å². The van der Waals surface area contributed by atoms with E-state index < -0.39 is 0 Å². The number of hydrogen-bond donors (Lipinski definition) is 1. The number of aryl methyl sites for hydroxylation is 1. The first-order chi connectivity index (χ1) is 14.0. The molecule has 1 saturated heterocycles. The predicted octanol–water partition coefficient (Wildman–Crippen LogP) is 1.27. The third kappa shape index (κ3) is 3.89. The van der Waals surface area contributed by atoms with Crippen LogP contribution < -0.4 is 10.9 Å². The van der Waals surface area contributed by atoms with Gasteiger partial charge in [0.15, 0.2) is 0 Å². The number of nitrogens with zero attached hydrogens (tertiary/aromatic N) is 4. The largest absolute Gasteiger partial charge is 0.378 e. The summed E-state index contributed by atoms with van der Waals surface area (Å²) < 4.78 is 6.54. The second kappa shape index (κ2) is 8.10. The maximum Gasteiger partial charge on any atom is 0.267 e. The van der Waals surface area contributed by atoms with Crippen LogP contribution in [0.2, 0.25) is 0 Å². The van der Waals surface area contributed by atoms with Gasteiger partial charge in [0, 0.05) is 19.3 Å². The Kier molecular flexibility index (Phi) is 5.36. The number of rotatable bonds is 4. The molecule has 9 nitrogen and oxygen atoms in total. The molecule has 3 aromatic heterocycles. The Hall–Kier alpha value is -3.11. The Bertz CT molecular complexity index is 1120. The zero-order valence-corrected chi connectivity index (χ0v) is 16.6. The van der Waals surface area contributed by atoms with E-state index in [9.17, 15) is 14.4 Å². The number of ether oxygens (including phenoxy) is 1. The van der Waals surface area contributed by atoms with E-state index in [0.717, 1.165) is 11.3 Å². The minimum atomic E-state index is -0.348. The van der Waals surface area contributed by atoms with Crippen LogP contribution in [0.15, 0.2) is 35.5 Å². The number of carbonyl (C=O) groups excluding carboxylic acids is 2. The highest BCUT2D eigenvalue weighted by atomic mass is 32.1. The summed E-state index contributed by atoms with van der Waals surface area (Å²) in [6.45, 7) is 3.64. The van der Waals surface area contributed by atoms with E-state index in [1.54, 1.807) is 36.2 Å². The Balaban J connectivity index is 1.61. The van der Waals surface area contributed by atoms with Gasteiger partial charge in [-0.2, -0.15) is 0 Å². The SMILES string of the molecule is Cc1c(C(=O)Nc2ccccn2)sc2ncn(CC(=O)N3CCOCC3)c(=O)c12. The number of amides is 2. The lowest BCUT2D eigenvalue weighted by atomic mass is 10.2. The third-order valence-corrected chi connectivity index (χ3v) is 5.90. The molecule has 0 unspecified atom stereocenters. The topological polar surface area (TPSA) is 106 Å². The van der Waals surface area contributed by atoms with Gasteiger partial charge >= 0.3 is 0 Å². The van der Waals surface area contributed by atoms with Gasteiger partial charge in [0.1, 0.15) is 17.2 Å². The number of nitrogens with one attached hydrogen (secondary N) is 1. The van der Waals surface area contributed by atoms with Gasteiger partial charge in [0.25, 0.3) is 11.5 Å². The summed E-state index contributed by atoms with van der Waals surface area (Å²) in [5, 5.41) is 3.08. The molecule has 4 rings (SSSR count). The van der Waals surface area contributed by atoms with Crippen LogP contribution in [0.25, 0.3) is 10.2 Å². The summed E-state index contributed by atoms with van der Waals surface area (Å²) in [6.07, 6.45) is 2.94. The molecule has 0 atom stereocenters. The molecular formula is C19H19N5O4S. The minimum Gasteiger partial charge on any atom is -0.378 e. The van der Waals surface area contributed by atoms with Gasteiger partial charge in [-0.15, -0.1) is 11.3 Å².